The lowest BCUT2D eigenvalue weighted by Gasteiger charge is -2.41. The molecule has 3 heteroatoms. The minimum Gasteiger partial charge on any atom is -0.378 e. The number of hydrogen-bond donors (Lipinski definition) is 2. The first-order valence-electron chi connectivity index (χ1n) is 7.32. The van der Waals surface area contributed by atoms with E-state index in [2.05, 4.69) is 53.3 Å². The van der Waals surface area contributed by atoms with Crippen molar-refractivity contribution in [1.82, 2.24) is 0 Å². The summed E-state index contributed by atoms with van der Waals surface area (Å²) < 4.78 is 1.13. The van der Waals surface area contributed by atoms with Gasteiger partial charge < -0.3 is 11.1 Å². The summed E-state index contributed by atoms with van der Waals surface area (Å²) in [4.78, 5) is 0. The molecule has 2 atom stereocenters. The second-order valence-corrected chi connectivity index (χ2v) is 6.91. The highest BCUT2D eigenvalue weighted by molar-refractivity contribution is 9.10. The normalized spacial score (nSPS) is 27.3. The molecule has 1 aromatic carbocycles. The Hall–Kier alpha value is -0.540. The summed E-state index contributed by atoms with van der Waals surface area (Å²) in [6.45, 7) is 5.14. The molecular weight excluding hydrogens is 300 g/mol. The molecule has 0 spiro atoms. The summed E-state index contributed by atoms with van der Waals surface area (Å²) >= 11 is 3.57. The Morgan fingerprint density at radius 3 is 2.84 bits per heavy atom. The van der Waals surface area contributed by atoms with Crippen LogP contribution in [0.4, 0.5) is 5.69 Å². The van der Waals surface area contributed by atoms with Crippen LogP contribution in [0.5, 0.6) is 0 Å². The van der Waals surface area contributed by atoms with Gasteiger partial charge in [-0.2, -0.15) is 0 Å². The summed E-state index contributed by atoms with van der Waals surface area (Å²) in [6.07, 6.45) is 6.30. The molecule has 0 amide bonds. The van der Waals surface area contributed by atoms with Crippen molar-refractivity contribution in [3.8, 4) is 0 Å². The number of nitrogens with one attached hydrogen (secondary N) is 1. The van der Waals surface area contributed by atoms with Gasteiger partial charge in [-0.25, -0.2) is 0 Å². The van der Waals surface area contributed by atoms with Crippen molar-refractivity contribution in [3.63, 3.8) is 0 Å². The minimum absolute atomic E-state index is 0.0894. The van der Waals surface area contributed by atoms with E-state index in [1.807, 2.05) is 0 Å². The fraction of sp³-hybridized carbons (Fsp3) is 0.625. The van der Waals surface area contributed by atoms with E-state index >= 15 is 0 Å². The van der Waals surface area contributed by atoms with Crippen molar-refractivity contribution in [1.29, 1.82) is 0 Å². The summed E-state index contributed by atoms with van der Waals surface area (Å²) in [6, 6.07) is 6.49. The van der Waals surface area contributed by atoms with Crippen LogP contribution < -0.4 is 11.1 Å². The standard InChI is InChI=1S/C16H25BrN2/c1-3-13-5-4-6-16(10-13,11-18)19-15-8-12(2)7-14(17)9-15/h7-9,13,19H,3-6,10-11,18H2,1-2H3. The summed E-state index contributed by atoms with van der Waals surface area (Å²) in [5.74, 6) is 0.818. The van der Waals surface area contributed by atoms with Crippen LogP contribution in [-0.2, 0) is 0 Å². The summed E-state index contributed by atoms with van der Waals surface area (Å²) in [7, 11) is 0. The van der Waals surface area contributed by atoms with E-state index in [1.165, 1.54) is 43.4 Å². The van der Waals surface area contributed by atoms with E-state index in [-0.39, 0.29) is 5.54 Å². The van der Waals surface area contributed by atoms with Gasteiger partial charge in [0.05, 0.1) is 0 Å². The maximum Gasteiger partial charge on any atom is 0.0498 e. The van der Waals surface area contributed by atoms with Crippen molar-refractivity contribution in [2.24, 2.45) is 11.7 Å². The van der Waals surface area contributed by atoms with Crippen LogP contribution in [0.25, 0.3) is 0 Å². The van der Waals surface area contributed by atoms with E-state index in [1.54, 1.807) is 0 Å². The van der Waals surface area contributed by atoms with Crippen LogP contribution in [0, 0.1) is 12.8 Å². The maximum atomic E-state index is 6.10. The average molecular weight is 325 g/mol. The van der Waals surface area contributed by atoms with Crippen LogP contribution in [0.2, 0.25) is 0 Å². The molecule has 1 fully saturated rings. The van der Waals surface area contributed by atoms with Crippen LogP contribution in [0.1, 0.15) is 44.6 Å². The first kappa shape index (κ1) is 14.9. The van der Waals surface area contributed by atoms with Crippen molar-refractivity contribution in [2.45, 2.75) is 51.5 Å². The fourth-order valence-corrected chi connectivity index (χ4v) is 3.91. The second kappa shape index (κ2) is 6.27. The maximum absolute atomic E-state index is 6.10. The largest absolute Gasteiger partial charge is 0.378 e. The Balaban J connectivity index is 2.17. The Morgan fingerprint density at radius 1 is 1.42 bits per heavy atom. The molecule has 0 bridgehead atoms. The first-order chi connectivity index (χ1) is 9.07. The zero-order chi connectivity index (χ0) is 13.9. The molecule has 0 heterocycles. The predicted octanol–water partition coefficient (Wildman–Crippen LogP) is 4.47. The molecule has 19 heavy (non-hydrogen) atoms. The van der Waals surface area contributed by atoms with Gasteiger partial charge in [0.15, 0.2) is 0 Å². The fourth-order valence-electron chi connectivity index (χ4n) is 3.30. The van der Waals surface area contributed by atoms with E-state index in [0.29, 0.717) is 0 Å². The molecule has 106 valence electrons. The number of aryl methyl sites for hydroxylation is 1. The molecule has 1 saturated carbocycles. The van der Waals surface area contributed by atoms with E-state index < -0.39 is 0 Å². The van der Waals surface area contributed by atoms with Gasteiger partial charge in [-0.05, 0) is 49.4 Å². The van der Waals surface area contributed by atoms with Crippen molar-refractivity contribution >= 4 is 21.6 Å². The summed E-state index contributed by atoms with van der Waals surface area (Å²) in [5, 5.41) is 3.74. The van der Waals surface area contributed by atoms with E-state index in [0.717, 1.165) is 16.9 Å². The molecule has 1 aliphatic rings. The van der Waals surface area contributed by atoms with E-state index in [4.69, 9.17) is 5.73 Å². The Labute approximate surface area is 125 Å². The quantitative estimate of drug-likeness (QED) is 0.857. The van der Waals surface area contributed by atoms with Crippen LogP contribution in [-0.4, -0.2) is 12.1 Å². The lowest BCUT2D eigenvalue weighted by atomic mass is 9.74. The molecule has 0 radical (unpaired) electrons. The molecule has 3 N–H and O–H groups in total. The predicted molar refractivity (Wildman–Crippen MR) is 86.5 cm³/mol. The third-order valence-electron chi connectivity index (χ3n) is 4.37. The zero-order valence-electron chi connectivity index (χ0n) is 12.0. The molecule has 0 saturated heterocycles. The number of halogens is 1. The van der Waals surface area contributed by atoms with Crippen molar-refractivity contribution in [3.05, 3.63) is 28.2 Å². The van der Waals surface area contributed by atoms with Gasteiger partial charge in [-0.15, -0.1) is 0 Å². The van der Waals surface area contributed by atoms with Crippen LogP contribution in [0.3, 0.4) is 0 Å². The Bertz CT molecular complexity index is 413. The van der Waals surface area contributed by atoms with Gasteiger partial charge in [-0.3, -0.25) is 0 Å². The molecule has 2 nitrogen and oxygen atoms in total. The lowest BCUT2D eigenvalue weighted by molar-refractivity contribution is 0.244. The SMILES string of the molecule is CCC1CCCC(CN)(Nc2cc(C)cc(Br)c2)C1. The number of benzene rings is 1. The van der Waals surface area contributed by atoms with Crippen molar-refractivity contribution in [2.75, 3.05) is 11.9 Å². The van der Waals surface area contributed by atoms with Gasteiger partial charge in [0, 0.05) is 22.2 Å². The minimum atomic E-state index is 0.0894. The molecular formula is C16H25BrN2. The van der Waals surface area contributed by atoms with Crippen LogP contribution >= 0.6 is 15.9 Å². The first-order valence-corrected chi connectivity index (χ1v) is 8.11. The van der Waals surface area contributed by atoms with Crippen molar-refractivity contribution < 1.29 is 0 Å². The number of anilines is 1. The van der Waals surface area contributed by atoms with Crippen LogP contribution in [0.15, 0.2) is 22.7 Å². The highest BCUT2D eigenvalue weighted by Gasteiger charge is 2.34. The molecule has 0 aliphatic heterocycles. The van der Waals surface area contributed by atoms with Gasteiger partial charge in [0.25, 0.3) is 0 Å². The Morgan fingerprint density at radius 2 is 2.21 bits per heavy atom. The molecule has 1 aliphatic carbocycles. The van der Waals surface area contributed by atoms with Gasteiger partial charge in [0.2, 0.25) is 0 Å². The third-order valence-corrected chi connectivity index (χ3v) is 4.82. The molecule has 1 aromatic rings. The van der Waals surface area contributed by atoms with Gasteiger partial charge >= 0.3 is 0 Å². The molecule has 2 unspecified atom stereocenters. The number of rotatable bonds is 4. The topological polar surface area (TPSA) is 38.0 Å². The average Bonchev–Trinajstić information content (AvgIpc) is 2.37. The highest BCUT2D eigenvalue weighted by atomic mass is 79.9. The molecule has 2 rings (SSSR count). The van der Waals surface area contributed by atoms with E-state index in [9.17, 15) is 0 Å². The lowest BCUT2D eigenvalue weighted by Crippen LogP contribution is -2.49. The second-order valence-electron chi connectivity index (χ2n) is 6.00. The number of nitrogens with two attached hydrogens (primary N) is 1. The third kappa shape index (κ3) is 3.73. The monoisotopic (exact) mass is 324 g/mol. The van der Waals surface area contributed by atoms with Gasteiger partial charge in [-0.1, -0.05) is 42.1 Å². The smallest absolute Gasteiger partial charge is 0.0498 e. The van der Waals surface area contributed by atoms with Gasteiger partial charge in [0.1, 0.15) is 0 Å². The zero-order valence-corrected chi connectivity index (χ0v) is 13.6. The highest BCUT2D eigenvalue weighted by Crippen LogP contribution is 2.36. The number of hydrogen-bond acceptors (Lipinski definition) is 2. The summed E-state index contributed by atoms with van der Waals surface area (Å²) in [5.41, 5.74) is 8.65. The molecule has 0 aromatic heterocycles. The Kier molecular flexibility index (Phi) is 4.91.